The van der Waals surface area contributed by atoms with Crippen LogP contribution in [0.25, 0.3) is 0 Å². The molecule has 0 radical (unpaired) electrons. The maximum Gasteiger partial charge on any atom is 0.317 e. The van der Waals surface area contributed by atoms with Crippen LogP contribution in [0.3, 0.4) is 0 Å². The van der Waals surface area contributed by atoms with E-state index in [1.54, 1.807) is 23.3 Å². The fourth-order valence-electron chi connectivity index (χ4n) is 1.64. The van der Waals surface area contributed by atoms with Crippen LogP contribution >= 0.6 is 11.3 Å². The third-order valence-corrected chi connectivity index (χ3v) is 3.48. The summed E-state index contributed by atoms with van der Waals surface area (Å²) in [4.78, 5) is 14.7. The van der Waals surface area contributed by atoms with Gasteiger partial charge in [0.05, 0.1) is 6.54 Å². The molecule has 2 rings (SSSR count). The SMILES string of the molecule is CN(Cc1ccccc1)C(=O)NCc1cccs1. The van der Waals surface area contributed by atoms with E-state index in [9.17, 15) is 4.79 Å². The van der Waals surface area contributed by atoms with Crippen molar-refractivity contribution < 1.29 is 4.79 Å². The standard InChI is InChI=1S/C14H16N2OS/c1-16(11-12-6-3-2-4-7-12)14(17)15-10-13-8-5-9-18-13/h2-9H,10-11H2,1H3,(H,15,17). The normalized spacial score (nSPS) is 10.1. The van der Waals surface area contributed by atoms with Crippen LogP contribution in [0.4, 0.5) is 4.79 Å². The lowest BCUT2D eigenvalue weighted by Crippen LogP contribution is -2.36. The Labute approximate surface area is 111 Å². The third-order valence-electron chi connectivity index (χ3n) is 2.60. The molecule has 4 heteroatoms. The topological polar surface area (TPSA) is 32.3 Å². The molecule has 1 N–H and O–H groups in total. The van der Waals surface area contributed by atoms with Crippen LogP contribution in [-0.2, 0) is 13.1 Å². The molecule has 0 saturated heterocycles. The van der Waals surface area contributed by atoms with Gasteiger partial charge in [0.25, 0.3) is 0 Å². The van der Waals surface area contributed by atoms with E-state index in [0.29, 0.717) is 13.1 Å². The molecular weight excluding hydrogens is 244 g/mol. The highest BCUT2D eigenvalue weighted by molar-refractivity contribution is 7.09. The van der Waals surface area contributed by atoms with E-state index in [4.69, 9.17) is 0 Å². The molecule has 0 aliphatic carbocycles. The predicted molar refractivity (Wildman–Crippen MR) is 74.5 cm³/mol. The predicted octanol–water partition coefficient (Wildman–Crippen LogP) is 3.09. The van der Waals surface area contributed by atoms with Gasteiger partial charge < -0.3 is 10.2 Å². The fourth-order valence-corrected chi connectivity index (χ4v) is 2.28. The number of urea groups is 1. The molecule has 0 atom stereocenters. The quantitative estimate of drug-likeness (QED) is 0.900. The highest BCUT2D eigenvalue weighted by Crippen LogP contribution is 2.08. The fraction of sp³-hybridized carbons (Fsp3) is 0.214. The van der Waals surface area contributed by atoms with Crippen LogP contribution in [0.1, 0.15) is 10.4 Å². The molecule has 1 heterocycles. The summed E-state index contributed by atoms with van der Waals surface area (Å²) in [5, 5.41) is 4.91. The number of carbonyl (C=O) groups is 1. The summed E-state index contributed by atoms with van der Waals surface area (Å²) in [5.41, 5.74) is 1.13. The number of carbonyl (C=O) groups excluding carboxylic acids is 1. The van der Waals surface area contributed by atoms with Crippen molar-refractivity contribution in [3.05, 3.63) is 58.3 Å². The largest absolute Gasteiger partial charge is 0.333 e. The molecule has 0 fully saturated rings. The van der Waals surface area contributed by atoms with Gasteiger partial charge in [0, 0.05) is 18.5 Å². The minimum absolute atomic E-state index is 0.0488. The zero-order valence-corrected chi connectivity index (χ0v) is 11.1. The number of benzene rings is 1. The number of hydrogen-bond donors (Lipinski definition) is 1. The first-order valence-electron chi connectivity index (χ1n) is 5.81. The molecule has 0 aliphatic heterocycles. The average Bonchev–Trinajstić information content (AvgIpc) is 2.90. The van der Waals surface area contributed by atoms with E-state index in [2.05, 4.69) is 5.32 Å². The molecule has 94 valence electrons. The van der Waals surface area contributed by atoms with Gasteiger partial charge in [-0.3, -0.25) is 0 Å². The lowest BCUT2D eigenvalue weighted by atomic mass is 10.2. The molecule has 1 aromatic heterocycles. The molecule has 2 aromatic rings. The zero-order valence-electron chi connectivity index (χ0n) is 10.3. The van der Waals surface area contributed by atoms with Crippen LogP contribution in [-0.4, -0.2) is 18.0 Å². The molecule has 0 aliphatic rings. The summed E-state index contributed by atoms with van der Waals surface area (Å²) < 4.78 is 0. The van der Waals surface area contributed by atoms with Crippen molar-refractivity contribution in [1.29, 1.82) is 0 Å². The van der Waals surface area contributed by atoms with Crippen molar-refractivity contribution >= 4 is 17.4 Å². The smallest absolute Gasteiger partial charge is 0.317 e. The van der Waals surface area contributed by atoms with Crippen molar-refractivity contribution in [2.45, 2.75) is 13.1 Å². The molecule has 0 spiro atoms. The van der Waals surface area contributed by atoms with Crippen molar-refractivity contribution in [2.24, 2.45) is 0 Å². The van der Waals surface area contributed by atoms with Gasteiger partial charge in [0.15, 0.2) is 0 Å². The second kappa shape index (κ2) is 6.21. The first-order chi connectivity index (χ1) is 8.75. The van der Waals surface area contributed by atoms with E-state index in [1.165, 1.54) is 0 Å². The van der Waals surface area contributed by atoms with Gasteiger partial charge in [-0.15, -0.1) is 11.3 Å². The lowest BCUT2D eigenvalue weighted by molar-refractivity contribution is 0.206. The number of thiophene rings is 1. The highest BCUT2D eigenvalue weighted by atomic mass is 32.1. The number of hydrogen-bond acceptors (Lipinski definition) is 2. The highest BCUT2D eigenvalue weighted by Gasteiger charge is 2.08. The van der Waals surface area contributed by atoms with Gasteiger partial charge in [-0.05, 0) is 17.0 Å². The molecule has 0 saturated carbocycles. The average molecular weight is 260 g/mol. The van der Waals surface area contributed by atoms with E-state index < -0.39 is 0 Å². The Morgan fingerprint density at radius 2 is 2.00 bits per heavy atom. The van der Waals surface area contributed by atoms with Gasteiger partial charge in [0.2, 0.25) is 0 Å². The lowest BCUT2D eigenvalue weighted by Gasteiger charge is -2.17. The summed E-state index contributed by atoms with van der Waals surface area (Å²) >= 11 is 1.65. The van der Waals surface area contributed by atoms with Gasteiger partial charge >= 0.3 is 6.03 Å². The Morgan fingerprint density at radius 3 is 2.67 bits per heavy atom. The summed E-state index contributed by atoms with van der Waals surface area (Å²) in [7, 11) is 1.80. The zero-order chi connectivity index (χ0) is 12.8. The van der Waals surface area contributed by atoms with Gasteiger partial charge in [-0.25, -0.2) is 4.79 Å². The van der Waals surface area contributed by atoms with Crippen molar-refractivity contribution in [3.63, 3.8) is 0 Å². The summed E-state index contributed by atoms with van der Waals surface area (Å²) in [5.74, 6) is 0. The van der Waals surface area contributed by atoms with E-state index >= 15 is 0 Å². The first-order valence-corrected chi connectivity index (χ1v) is 6.69. The van der Waals surface area contributed by atoms with Crippen molar-refractivity contribution in [2.75, 3.05) is 7.05 Å². The molecule has 2 amide bonds. The third kappa shape index (κ3) is 3.60. The van der Waals surface area contributed by atoms with Gasteiger partial charge in [-0.1, -0.05) is 36.4 Å². The van der Waals surface area contributed by atoms with Gasteiger partial charge in [-0.2, -0.15) is 0 Å². The molecule has 0 bridgehead atoms. The minimum atomic E-state index is -0.0488. The Morgan fingerprint density at radius 1 is 1.22 bits per heavy atom. The second-order valence-electron chi connectivity index (χ2n) is 4.08. The molecule has 18 heavy (non-hydrogen) atoms. The van der Waals surface area contributed by atoms with E-state index in [-0.39, 0.29) is 6.03 Å². The monoisotopic (exact) mass is 260 g/mol. The molecule has 1 aromatic carbocycles. The van der Waals surface area contributed by atoms with Crippen LogP contribution in [0, 0.1) is 0 Å². The Kier molecular flexibility index (Phi) is 4.36. The molecular formula is C14H16N2OS. The van der Waals surface area contributed by atoms with Crippen LogP contribution in [0.2, 0.25) is 0 Å². The maximum atomic E-state index is 11.9. The van der Waals surface area contributed by atoms with E-state index in [0.717, 1.165) is 10.4 Å². The Hall–Kier alpha value is -1.81. The maximum absolute atomic E-state index is 11.9. The summed E-state index contributed by atoms with van der Waals surface area (Å²) in [6.45, 7) is 1.22. The Bertz CT molecular complexity index is 482. The van der Waals surface area contributed by atoms with Crippen molar-refractivity contribution in [1.82, 2.24) is 10.2 Å². The van der Waals surface area contributed by atoms with Crippen LogP contribution in [0.5, 0.6) is 0 Å². The minimum Gasteiger partial charge on any atom is -0.333 e. The number of amides is 2. The molecule has 0 unspecified atom stereocenters. The van der Waals surface area contributed by atoms with Gasteiger partial charge in [0.1, 0.15) is 0 Å². The summed E-state index contributed by atoms with van der Waals surface area (Å²) in [6, 6.07) is 13.9. The van der Waals surface area contributed by atoms with Crippen LogP contribution in [0.15, 0.2) is 47.8 Å². The van der Waals surface area contributed by atoms with Crippen molar-refractivity contribution in [3.8, 4) is 0 Å². The molecule has 3 nitrogen and oxygen atoms in total. The number of nitrogens with zero attached hydrogens (tertiary/aromatic N) is 1. The number of rotatable bonds is 4. The van der Waals surface area contributed by atoms with Crippen LogP contribution < -0.4 is 5.32 Å². The number of nitrogens with one attached hydrogen (secondary N) is 1. The first kappa shape index (κ1) is 12.6. The summed E-state index contributed by atoms with van der Waals surface area (Å²) in [6.07, 6.45) is 0. The second-order valence-corrected chi connectivity index (χ2v) is 5.11. The Balaban J connectivity index is 1.82. The van der Waals surface area contributed by atoms with E-state index in [1.807, 2.05) is 47.8 Å².